The molecule has 0 atom stereocenters. The summed E-state index contributed by atoms with van der Waals surface area (Å²) in [5.41, 5.74) is 2.16. The number of H-pyrrole nitrogens is 1. The van der Waals surface area contributed by atoms with E-state index in [1.807, 2.05) is 0 Å². The molecule has 5 nitrogen and oxygen atoms in total. The highest BCUT2D eigenvalue weighted by Crippen LogP contribution is 2.39. The number of carboxylic acids is 1. The number of nitrogens with one attached hydrogen (secondary N) is 1. The molecule has 0 aliphatic heterocycles. The predicted molar refractivity (Wildman–Crippen MR) is 80.4 cm³/mol. The molecule has 4 rings (SSSR count). The first kappa shape index (κ1) is 12.5. The minimum absolute atomic E-state index is 0.117. The molecule has 22 heavy (non-hydrogen) atoms. The molecule has 5 heteroatoms. The van der Waals surface area contributed by atoms with Gasteiger partial charge in [-0.05, 0) is 17.7 Å². The van der Waals surface area contributed by atoms with E-state index in [-0.39, 0.29) is 16.9 Å². The van der Waals surface area contributed by atoms with Gasteiger partial charge in [-0.25, -0.2) is 4.79 Å². The van der Waals surface area contributed by atoms with E-state index in [0.29, 0.717) is 33.2 Å². The van der Waals surface area contributed by atoms with Crippen molar-refractivity contribution in [2.75, 3.05) is 0 Å². The number of fused-ring (bicyclic) bond motifs is 5. The van der Waals surface area contributed by atoms with Crippen molar-refractivity contribution in [1.29, 1.82) is 0 Å². The molecule has 0 radical (unpaired) electrons. The number of carbonyl (C=O) groups is 2. The van der Waals surface area contributed by atoms with Gasteiger partial charge in [-0.15, -0.1) is 0 Å². The van der Waals surface area contributed by atoms with E-state index in [4.69, 9.17) is 5.11 Å². The van der Waals surface area contributed by atoms with Gasteiger partial charge in [0.25, 0.3) is 0 Å². The highest BCUT2D eigenvalue weighted by atomic mass is 16.4. The lowest BCUT2D eigenvalue weighted by atomic mass is 10.0. The van der Waals surface area contributed by atoms with Crippen molar-refractivity contribution in [3.05, 3.63) is 69.5 Å². The quantitative estimate of drug-likeness (QED) is 0.564. The zero-order chi connectivity index (χ0) is 15.4. The Balaban J connectivity index is 2.21. The van der Waals surface area contributed by atoms with E-state index in [1.165, 1.54) is 0 Å². The van der Waals surface area contributed by atoms with Crippen LogP contribution < -0.4 is 5.43 Å². The normalized spacial score (nSPS) is 12.3. The molecule has 0 saturated heterocycles. The zero-order valence-corrected chi connectivity index (χ0v) is 11.2. The summed E-state index contributed by atoms with van der Waals surface area (Å²) in [7, 11) is 0. The fourth-order valence-electron chi connectivity index (χ4n) is 2.95. The van der Waals surface area contributed by atoms with Crippen molar-refractivity contribution in [2.24, 2.45) is 0 Å². The summed E-state index contributed by atoms with van der Waals surface area (Å²) in [6.07, 6.45) is 0. The average Bonchev–Trinajstić information content (AvgIpc) is 2.81. The average molecular weight is 291 g/mol. The summed E-state index contributed by atoms with van der Waals surface area (Å²) in [5, 5.41) is 9.50. The van der Waals surface area contributed by atoms with Crippen molar-refractivity contribution in [1.82, 2.24) is 4.98 Å². The first-order chi connectivity index (χ1) is 10.6. The molecule has 1 aliphatic carbocycles. The second-order valence-corrected chi connectivity index (χ2v) is 5.14. The molecule has 0 saturated carbocycles. The lowest BCUT2D eigenvalue weighted by Gasteiger charge is -2.07. The van der Waals surface area contributed by atoms with Crippen LogP contribution in [0, 0.1) is 0 Å². The smallest absolute Gasteiger partial charge is 0.352 e. The Morgan fingerprint density at radius 2 is 1.68 bits per heavy atom. The van der Waals surface area contributed by atoms with Crippen LogP contribution in [0.1, 0.15) is 26.4 Å². The highest BCUT2D eigenvalue weighted by molar-refractivity contribution is 6.25. The molecule has 2 aromatic carbocycles. The van der Waals surface area contributed by atoms with Crippen molar-refractivity contribution < 1.29 is 14.7 Å². The number of aromatic carboxylic acids is 1. The van der Waals surface area contributed by atoms with Crippen LogP contribution in [-0.4, -0.2) is 21.8 Å². The van der Waals surface area contributed by atoms with Crippen LogP contribution >= 0.6 is 0 Å². The summed E-state index contributed by atoms with van der Waals surface area (Å²) in [6.45, 7) is 0. The van der Waals surface area contributed by atoms with Gasteiger partial charge in [0.05, 0.1) is 5.52 Å². The van der Waals surface area contributed by atoms with Gasteiger partial charge in [0, 0.05) is 28.1 Å². The number of hydrogen-bond acceptors (Lipinski definition) is 3. The predicted octanol–water partition coefficient (Wildman–Crippen LogP) is 2.44. The number of rotatable bonds is 1. The second-order valence-electron chi connectivity index (χ2n) is 5.14. The van der Waals surface area contributed by atoms with Gasteiger partial charge < -0.3 is 10.1 Å². The van der Waals surface area contributed by atoms with Gasteiger partial charge in [-0.3, -0.25) is 9.59 Å². The van der Waals surface area contributed by atoms with Gasteiger partial charge in [-0.1, -0.05) is 24.3 Å². The molecular formula is C17H9NO4. The lowest BCUT2D eigenvalue weighted by molar-refractivity contribution is 0.0690. The maximum absolute atomic E-state index is 12.4. The van der Waals surface area contributed by atoms with Gasteiger partial charge in [0.1, 0.15) is 5.69 Å². The first-order valence-electron chi connectivity index (χ1n) is 6.65. The summed E-state index contributed by atoms with van der Waals surface area (Å²) >= 11 is 0. The van der Waals surface area contributed by atoms with Crippen LogP contribution in [0.25, 0.3) is 22.0 Å². The van der Waals surface area contributed by atoms with Gasteiger partial charge in [-0.2, -0.15) is 0 Å². The Hall–Kier alpha value is -3.21. The van der Waals surface area contributed by atoms with E-state index in [1.54, 1.807) is 36.4 Å². The Kier molecular flexibility index (Phi) is 2.36. The van der Waals surface area contributed by atoms with E-state index >= 15 is 0 Å². The number of benzene rings is 2. The molecule has 0 spiro atoms. The SMILES string of the molecule is O=C(O)c1cc(=O)c2ccc3c(c2[nH]1)-c1ccccc1C3=O. The molecule has 2 N–H and O–H groups in total. The molecule has 0 fully saturated rings. The fourth-order valence-corrected chi connectivity index (χ4v) is 2.95. The van der Waals surface area contributed by atoms with Crippen molar-refractivity contribution in [3.63, 3.8) is 0 Å². The van der Waals surface area contributed by atoms with Gasteiger partial charge >= 0.3 is 5.97 Å². The van der Waals surface area contributed by atoms with Gasteiger partial charge in [0.15, 0.2) is 11.2 Å². The molecule has 0 bridgehead atoms. The molecule has 0 amide bonds. The Morgan fingerprint density at radius 3 is 2.41 bits per heavy atom. The summed E-state index contributed by atoms with van der Waals surface area (Å²) in [5.74, 6) is -1.33. The van der Waals surface area contributed by atoms with Crippen LogP contribution in [0.2, 0.25) is 0 Å². The van der Waals surface area contributed by atoms with Crippen LogP contribution in [-0.2, 0) is 0 Å². The zero-order valence-electron chi connectivity index (χ0n) is 11.2. The summed E-state index contributed by atoms with van der Waals surface area (Å²) in [4.78, 5) is 38.5. The first-order valence-corrected chi connectivity index (χ1v) is 6.65. The number of pyridine rings is 1. The van der Waals surface area contributed by atoms with Crippen LogP contribution in [0.4, 0.5) is 0 Å². The minimum atomic E-state index is -1.21. The topological polar surface area (TPSA) is 87.2 Å². The third kappa shape index (κ3) is 1.50. The minimum Gasteiger partial charge on any atom is -0.477 e. The Bertz CT molecular complexity index is 1050. The number of aromatic nitrogens is 1. The van der Waals surface area contributed by atoms with E-state index < -0.39 is 5.97 Å². The standard InChI is InChI=1S/C17H9NO4/c19-13-7-12(17(21)22)18-15-10(13)5-6-11-14(15)8-3-1-2-4-9(8)16(11)20/h1-7H,(H,18,19)(H,21,22). The van der Waals surface area contributed by atoms with Crippen molar-refractivity contribution >= 4 is 22.7 Å². The van der Waals surface area contributed by atoms with Gasteiger partial charge in [0.2, 0.25) is 0 Å². The fraction of sp³-hybridized carbons (Fsp3) is 0. The molecule has 1 heterocycles. The number of ketones is 1. The molecule has 0 unspecified atom stereocenters. The highest BCUT2D eigenvalue weighted by Gasteiger charge is 2.28. The summed E-state index contributed by atoms with van der Waals surface area (Å²) in [6, 6.07) is 11.3. The van der Waals surface area contributed by atoms with E-state index in [0.717, 1.165) is 6.07 Å². The van der Waals surface area contributed by atoms with E-state index in [9.17, 15) is 14.4 Å². The summed E-state index contributed by atoms with van der Waals surface area (Å²) < 4.78 is 0. The van der Waals surface area contributed by atoms with Crippen LogP contribution in [0.3, 0.4) is 0 Å². The molecule has 1 aliphatic rings. The number of carbonyl (C=O) groups excluding carboxylic acids is 1. The maximum atomic E-state index is 12.4. The number of aromatic amines is 1. The molecule has 1 aromatic heterocycles. The monoisotopic (exact) mass is 291 g/mol. The van der Waals surface area contributed by atoms with Crippen LogP contribution in [0.5, 0.6) is 0 Å². The third-order valence-electron chi connectivity index (χ3n) is 3.92. The number of carboxylic acid groups (broad SMARTS) is 1. The Labute approximate surface area is 123 Å². The Morgan fingerprint density at radius 1 is 0.955 bits per heavy atom. The molecular weight excluding hydrogens is 282 g/mol. The second kappa shape index (κ2) is 4.14. The number of hydrogen-bond donors (Lipinski definition) is 2. The molecule has 106 valence electrons. The van der Waals surface area contributed by atoms with Crippen molar-refractivity contribution in [2.45, 2.75) is 0 Å². The van der Waals surface area contributed by atoms with E-state index in [2.05, 4.69) is 4.98 Å². The van der Waals surface area contributed by atoms with Crippen molar-refractivity contribution in [3.8, 4) is 11.1 Å². The molecule has 3 aromatic rings. The third-order valence-corrected chi connectivity index (χ3v) is 3.92. The maximum Gasteiger partial charge on any atom is 0.352 e. The largest absolute Gasteiger partial charge is 0.477 e. The van der Waals surface area contributed by atoms with Crippen LogP contribution in [0.15, 0.2) is 47.3 Å². The lowest BCUT2D eigenvalue weighted by Crippen LogP contribution is -2.10.